The van der Waals surface area contributed by atoms with Crippen LogP contribution in [-0.2, 0) is 6.42 Å². The highest BCUT2D eigenvalue weighted by Gasteiger charge is 2.20. The number of likely N-dealkylation sites (N-methyl/N-ethyl adjacent to an activating group) is 1. The zero-order valence-electron chi connectivity index (χ0n) is 12.7. The molecule has 1 aromatic heterocycles. The summed E-state index contributed by atoms with van der Waals surface area (Å²) < 4.78 is 2.02. The van der Waals surface area contributed by atoms with Crippen LogP contribution in [0.4, 0.5) is 0 Å². The van der Waals surface area contributed by atoms with Gasteiger partial charge in [0.2, 0.25) is 0 Å². The van der Waals surface area contributed by atoms with Gasteiger partial charge < -0.3 is 5.32 Å². The van der Waals surface area contributed by atoms with E-state index in [-0.39, 0.29) is 0 Å². The molecule has 18 heavy (non-hydrogen) atoms. The lowest BCUT2D eigenvalue weighted by molar-refractivity contribution is 0.303. The Balaban J connectivity index is 2.73. The van der Waals surface area contributed by atoms with E-state index in [0.29, 0.717) is 17.5 Å². The van der Waals surface area contributed by atoms with E-state index in [0.717, 1.165) is 25.2 Å². The molecule has 0 aliphatic heterocycles. The average Bonchev–Trinajstić information content (AvgIpc) is 2.63. The summed E-state index contributed by atoms with van der Waals surface area (Å²) >= 11 is 0. The van der Waals surface area contributed by atoms with E-state index in [1.165, 1.54) is 0 Å². The molecule has 4 heteroatoms. The highest BCUT2D eigenvalue weighted by Crippen LogP contribution is 2.22. The Hall–Kier alpha value is -0.900. The lowest BCUT2D eigenvalue weighted by Crippen LogP contribution is -2.35. The minimum Gasteiger partial charge on any atom is -0.314 e. The minimum atomic E-state index is 0.329. The molecule has 1 atom stereocenters. The van der Waals surface area contributed by atoms with Gasteiger partial charge in [-0.1, -0.05) is 27.7 Å². The smallest absolute Gasteiger partial charge is 0.138 e. The Bertz CT molecular complexity index is 349. The summed E-state index contributed by atoms with van der Waals surface area (Å²) in [5.41, 5.74) is 0.329. The first kappa shape index (κ1) is 15.2. The van der Waals surface area contributed by atoms with Crippen molar-refractivity contribution in [2.45, 2.75) is 66.5 Å². The standard InChI is InChI=1S/C14H28N4/c1-7-15-12(9-14(4,5)6)8-13-16-10-17-18(13)11(2)3/h10-12,15H,7-9H2,1-6H3. The van der Waals surface area contributed by atoms with Crippen molar-refractivity contribution in [2.75, 3.05) is 6.54 Å². The van der Waals surface area contributed by atoms with E-state index >= 15 is 0 Å². The number of rotatable bonds is 6. The molecule has 1 N–H and O–H groups in total. The van der Waals surface area contributed by atoms with Crippen LogP contribution in [-0.4, -0.2) is 27.4 Å². The highest BCUT2D eigenvalue weighted by molar-refractivity contribution is 4.92. The highest BCUT2D eigenvalue weighted by atomic mass is 15.3. The molecule has 0 bridgehead atoms. The Morgan fingerprint density at radius 1 is 1.33 bits per heavy atom. The normalized spacial score (nSPS) is 14.2. The fourth-order valence-electron chi connectivity index (χ4n) is 2.32. The van der Waals surface area contributed by atoms with Crippen LogP contribution in [0.15, 0.2) is 6.33 Å². The second-order valence-electron chi connectivity index (χ2n) is 6.44. The monoisotopic (exact) mass is 252 g/mol. The van der Waals surface area contributed by atoms with Gasteiger partial charge >= 0.3 is 0 Å². The molecule has 1 aromatic rings. The number of hydrogen-bond acceptors (Lipinski definition) is 3. The van der Waals surface area contributed by atoms with Crippen LogP contribution in [0, 0.1) is 5.41 Å². The van der Waals surface area contributed by atoms with E-state index in [4.69, 9.17) is 0 Å². The molecule has 0 fully saturated rings. The minimum absolute atomic E-state index is 0.329. The third kappa shape index (κ3) is 4.77. The van der Waals surface area contributed by atoms with Crippen molar-refractivity contribution in [3.05, 3.63) is 12.2 Å². The van der Waals surface area contributed by atoms with Crippen LogP contribution in [0.25, 0.3) is 0 Å². The largest absolute Gasteiger partial charge is 0.314 e. The maximum Gasteiger partial charge on any atom is 0.138 e. The molecule has 104 valence electrons. The molecule has 4 nitrogen and oxygen atoms in total. The van der Waals surface area contributed by atoms with Gasteiger partial charge in [-0.15, -0.1) is 0 Å². The van der Waals surface area contributed by atoms with Crippen molar-refractivity contribution < 1.29 is 0 Å². The molecule has 0 saturated heterocycles. The molecule has 0 spiro atoms. The Morgan fingerprint density at radius 3 is 2.50 bits per heavy atom. The Kier molecular flexibility index (Phi) is 5.32. The van der Waals surface area contributed by atoms with Gasteiger partial charge in [0.1, 0.15) is 12.2 Å². The summed E-state index contributed by atoms with van der Waals surface area (Å²) in [4.78, 5) is 4.40. The summed E-state index contributed by atoms with van der Waals surface area (Å²) in [6.07, 6.45) is 3.75. The molecule has 0 aliphatic rings. The second-order valence-corrected chi connectivity index (χ2v) is 6.44. The van der Waals surface area contributed by atoms with E-state index in [9.17, 15) is 0 Å². The average molecular weight is 252 g/mol. The molecule has 1 rings (SSSR count). The van der Waals surface area contributed by atoms with Gasteiger partial charge in [0, 0.05) is 18.5 Å². The van der Waals surface area contributed by atoms with E-state index in [1.54, 1.807) is 6.33 Å². The lowest BCUT2D eigenvalue weighted by Gasteiger charge is -2.26. The van der Waals surface area contributed by atoms with Gasteiger partial charge in [-0.2, -0.15) is 5.10 Å². The first-order valence-corrected chi connectivity index (χ1v) is 6.95. The predicted octanol–water partition coefficient (Wildman–Crippen LogP) is 2.82. The van der Waals surface area contributed by atoms with Crippen molar-refractivity contribution in [1.82, 2.24) is 20.1 Å². The summed E-state index contributed by atoms with van der Waals surface area (Å²) in [7, 11) is 0. The van der Waals surface area contributed by atoms with Gasteiger partial charge in [-0.3, -0.25) is 0 Å². The van der Waals surface area contributed by atoms with E-state index in [1.807, 2.05) is 4.68 Å². The fraction of sp³-hybridized carbons (Fsp3) is 0.857. The molecule has 0 amide bonds. The zero-order chi connectivity index (χ0) is 13.8. The molecule has 0 saturated carbocycles. The third-order valence-corrected chi connectivity index (χ3v) is 2.92. The van der Waals surface area contributed by atoms with E-state index < -0.39 is 0 Å². The number of nitrogens with one attached hydrogen (secondary N) is 1. The quantitative estimate of drug-likeness (QED) is 0.846. The molecule has 1 unspecified atom stereocenters. The van der Waals surface area contributed by atoms with Gasteiger partial charge in [-0.25, -0.2) is 9.67 Å². The molecule has 0 aliphatic carbocycles. The first-order valence-electron chi connectivity index (χ1n) is 6.95. The maximum absolute atomic E-state index is 4.40. The van der Waals surface area contributed by atoms with Crippen LogP contribution in [0.3, 0.4) is 0 Å². The van der Waals surface area contributed by atoms with Gasteiger partial charge in [0.25, 0.3) is 0 Å². The zero-order valence-corrected chi connectivity index (χ0v) is 12.7. The van der Waals surface area contributed by atoms with Crippen molar-refractivity contribution in [3.63, 3.8) is 0 Å². The second kappa shape index (κ2) is 6.32. The summed E-state index contributed by atoms with van der Waals surface area (Å²) in [5.74, 6) is 1.08. The Morgan fingerprint density at radius 2 is 2.00 bits per heavy atom. The van der Waals surface area contributed by atoms with Crippen LogP contribution >= 0.6 is 0 Å². The summed E-state index contributed by atoms with van der Waals surface area (Å²) in [6.45, 7) is 14.3. The summed E-state index contributed by atoms with van der Waals surface area (Å²) in [6, 6.07) is 0.844. The number of aromatic nitrogens is 3. The SMILES string of the molecule is CCNC(Cc1ncnn1C(C)C)CC(C)(C)C. The van der Waals surface area contributed by atoms with Crippen LogP contribution in [0.5, 0.6) is 0 Å². The van der Waals surface area contributed by atoms with Crippen molar-refractivity contribution >= 4 is 0 Å². The topological polar surface area (TPSA) is 42.7 Å². The van der Waals surface area contributed by atoms with Gasteiger partial charge in [0.05, 0.1) is 0 Å². The Labute approximate surface area is 111 Å². The first-order chi connectivity index (χ1) is 8.33. The molecular weight excluding hydrogens is 224 g/mol. The number of nitrogens with zero attached hydrogens (tertiary/aromatic N) is 3. The van der Waals surface area contributed by atoms with Gasteiger partial charge in [-0.05, 0) is 32.2 Å². The van der Waals surface area contributed by atoms with E-state index in [2.05, 4.69) is 56.9 Å². The molecule has 0 aromatic carbocycles. The number of hydrogen-bond donors (Lipinski definition) is 1. The molecular formula is C14H28N4. The lowest BCUT2D eigenvalue weighted by atomic mass is 9.87. The van der Waals surface area contributed by atoms with Crippen molar-refractivity contribution in [3.8, 4) is 0 Å². The maximum atomic E-state index is 4.40. The molecule has 1 heterocycles. The molecule has 0 radical (unpaired) electrons. The fourth-order valence-corrected chi connectivity index (χ4v) is 2.32. The van der Waals surface area contributed by atoms with Gasteiger partial charge in [0.15, 0.2) is 0 Å². The van der Waals surface area contributed by atoms with Crippen molar-refractivity contribution in [2.24, 2.45) is 5.41 Å². The summed E-state index contributed by atoms with van der Waals surface area (Å²) in [5, 5.41) is 7.87. The van der Waals surface area contributed by atoms with Crippen molar-refractivity contribution in [1.29, 1.82) is 0 Å². The third-order valence-electron chi connectivity index (χ3n) is 2.92. The van der Waals surface area contributed by atoms with Crippen LogP contribution < -0.4 is 5.32 Å². The van der Waals surface area contributed by atoms with Crippen LogP contribution in [0.2, 0.25) is 0 Å². The predicted molar refractivity (Wildman–Crippen MR) is 75.6 cm³/mol. The van der Waals surface area contributed by atoms with Crippen LogP contribution in [0.1, 0.15) is 59.8 Å².